The maximum Gasteiger partial charge on any atom is 0.238 e. The van der Waals surface area contributed by atoms with Crippen LogP contribution < -0.4 is 27.7 Å². The van der Waals surface area contributed by atoms with Crippen molar-refractivity contribution in [2.75, 3.05) is 12.7 Å². The molecule has 0 radical (unpaired) electrons. The summed E-state index contributed by atoms with van der Waals surface area (Å²) in [6, 6.07) is 8.54. The molecule has 0 saturated carbocycles. The zero-order valence-electron chi connectivity index (χ0n) is 6.37. The minimum Gasteiger partial charge on any atom is -1.00 e. The maximum absolute atomic E-state index is 5.70. The van der Waals surface area contributed by atoms with Crippen molar-refractivity contribution in [3.63, 3.8) is 0 Å². The summed E-state index contributed by atoms with van der Waals surface area (Å²) in [6.45, 7) is 0.697. The Morgan fingerprint density at radius 3 is 2.92 bits per heavy atom. The highest BCUT2D eigenvalue weighted by Gasteiger charge is 2.09. The minimum atomic E-state index is 0. The molecule has 0 spiro atoms. The third-order valence-corrected chi connectivity index (χ3v) is 2.07. The van der Waals surface area contributed by atoms with Crippen LogP contribution in [0.25, 0.3) is 0 Å². The molecule has 0 fully saturated rings. The molecule has 0 saturated heterocycles. The summed E-state index contributed by atoms with van der Waals surface area (Å²) in [4.78, 5) is 4.29. The third-order valence-electron chi connectivity index (χ3n) is 1.78. The minimum absolute atomic E-state index is 0. The molecule has 0 N–H and O–H groups in total. The predicted molar refractivity (Wildman–Crippen MR) is 44.0 cm³/mol. The number of hydrogen-bond acceptors (Lipinski definition) is 1. The SMILES string of the molecule is ClC[N+]1=c2ccccc2=NC1.[Cl-]. The molecule has 0 aliphatic carbocycles. The van der Waals surface area contributed by atoms with Crippen molar-refractivity contribution < 1.29 is 12.4 Å². The monoisotopic (exact) mass is 202 g/mol. The van der Waals surface area contributed by atoms with Gasteiger partial charge in [0.2, 0.25) is 18.0 Å². The highest BCUT2D eigenvalue weighted by atomic mass is 35.5. The Bertz CT molecular complexity index is 386. The lowest BCUT2D eigenvalue weighted by Gasteiger charge is -1.86. The first-order valence-corrected chi connectivity index (χ1v) is 4.03. The fourth-order valence-electron chi connectivity index (χ4n) is 1.21. The number of fused-ring (bicyclic) bond motifs is 1. The molecule has 1 aliphatic rings. The number of para-hydroxylation sites is 2. The van der Waals surface area contributed by atoms with Gasteiger partial charge in [-0.25, -0.2) is 4.99 Å². The van der Waals surface area contributed by atoms with E-state index in [1.54, 1.807) is 0 Å². The largest absolute Gasteiger partial charge is 1.00 e. The van der Waals surface area contributed by atoms with E-state index in [1.807, 2.05) is 28.8 Å². The summed E-state index contributed by atoms with van der Waals surface area (Å²) >= 11 is 5.70. The van der Waals surface area contributed by atoms with Crippen LogP contribution in [-0.2, 0) is 0 Å². The molecule has 2 nitrogen and oxygen atoms in total. The van der Waals surface area contributed by atoms with E-state index in [0.29, 0.717) is 12.7 Å². The van der Waals surface area contributed by atoms with E-state index < -0.39 is 0 Å². The van der Waals surface area contributed by atoms with E-state index in [2.05, 4.69) is 4.99 Å². The molecule has 1 heterocycles. The van der Waals surface area contributed by atoms with Gasteiger partial charge in [-0.1, -0.05) is 23.7 Å². The van der Waals surface area contributed by atoms with Crippen LogP contribution in [0.1, 0.15) is 0 Å². The summed E-state index contributed by atoms with van der Waals surface area (Å²) in [5.41, 5.74) is 0. The van der Waals surface area contributed by atoms with Gasteiger partial charge >= 0.3 is 0 Å². The van der Waals surface area contributed by atoms with E-state index in [4.69, 9.17) is 11.6 Å². The van der Waals surface area contributed by atoms with Crippen molar-refractivity contribution in [1.29, 1.82) is 0 Å². The van der Waals surface area contributed by atoms with Crippen molar-refractivity contribution in [1.82, 2.24) is 4.58 Å². The van der Waals surface area contributed by atoms with Crippen molar-refractivity contribution >= 4 is 11.6 Å². The van der Waals surface area contributed by atoms with E-state index in [9.17, 15) is 0 Å². The highest BCUT2D eigenvalue weighted by molar-refractivity contribution is 6.17. The standard InChI is InChI=1S/C8H8ClN2.ClH/c9-5-11-6-10-7-3-1-2-4-8(7)11;/h1-4H,5-6H2;1H/q+1;/p-1. The third kappa shape index (κ3) is 1.45. The van der Waals surface area contributed by atoms with Gasteiger partial charge in [0.1, 0.15) is 5.36 Å². The van der Waals surface area contributed by atoms with Gasteiger partial charge < -0.3 is 12.4 Å². The van der Waals surface area contributed by atoms with Crippen LogP contribution in [0, 0.1) is 0 Å². The molecule has 0 aromatic heterocycles. The molecule has 64 valence electrons. The number of rotatable bonds is 1. The number of nitrogens with zero attached hydrogens (tertiary/aromatic N) is 2. The van der Waals surface area contributed by atoms with Crippen molar-refractivity contribution in [3.05, 3.63) is 35.0 Å². The van der Waals surface area contributed by atoms with Crippen LogP contribution in [0.4, 0.5) is 0 Å². The van der Waals surface area contributed by atoms with E-state index in [-0.39, 0.29) is 12.4 Å². The summed E-state index contributed by atoms with van der Waals surface area (Å²) < 4.78 is 2.02. The van der Waals surface area contributed by atoms with Gasteiger partial charge in [0, 0.05) is 6.07 Å². The second-order valence-electron chi connectivity index (χ2n) is 2.45. The van der Waals surface area contributed by atoms with Crippen LogP contribution in [0.3, 0.4) is 0 Å². The first kappa shape index (κ1) is 9.49. The molecule has 1 aromatic carbocycles. The van der Waals surface area contributed by atoms with Gasteiger partial charge in [0.05, 0.1) is 0 Å². The van der Waals surface area contributed by atoms with E-state index in [1.165, 1.54) is 0 Å². The molecule has 0 atom stereocenters. The molecule has 0 unspecified atom stereocenters. The van der Waals surface area contributed by atoms with Gasteiger partial charge in [0.25, 0.3) is 0 Å². The Morgan fingerprint density at radius 2 is 2.17 bits per heavy atom. The fourth-order valence-corrected chi connectivity index (χ4v) is 1.41. The average Bonchev–Trinajstić information content (AvgIpc) is 2.47. The second kappa shape index (κ2) is 3.87. The first-order valence-electron chi connectivity index (χ1n) is 3.49. The Labute approximate surface area is 81.6 Å². The predicted octanol–water partition coefficient (Wildman–Crippen LogP) is -3.03. The average molecular weight is 203 g/mol. The van der Waals surface area contributed by atoms with Gasteiger partial charge in [0.15, 0.2) is 0 Å². The summed E-state index contributed by atoms with van der Waals surface area (Å²) in [5, 5.41) is 2.19. The number of alkyl halides is 1. The van der Waals surface area contributed by atoms with Gasteiger partial charge in [-0.05, 0) is 6.07 Å². The topological polar surface area (TPSA) is 15.4 Å². The Morgan fingerprint density at radius 1 is 1.42 bits per heavy atom. The van der Waals surface area contributed by atoms with Crippen LogP contribution >= 0.6 is 11.6 Å². The van der Waals surface area contributed by atoms with Crippen molar-refractivity contribution in [2.45, 2.75) is 0 Å². The molecule has 4 heteroatoms. The summed E-state index contributed by atoms with van der Waals surface area (Å²) in [5.74, 6) is 0. The smallest absolute Gasteiger partial charge is 0.238 e. The van der Waals surface area contributed by atoms with Gasteiger partial charge in [-0.3, -0.25) is 0 Å². The Kier molecular flexibility index (Phi) is 3.06. The molecule has 1 aromatic rings. The normalized spacial score (nSPS) is 13.2. The lowest BCUT2D eigenvalue weighted by Crippen LogP contribution is -3.00. The van der Waals surface area contributed by atoms with Crippen LogP contribution in [0.15, 0.2) is 29.3 Å². The maximum atomic E-state index is 5.70. The highest BCUT2D eigenvalue weighted by Crippen LogP contribution is 1.81. The zero-order chi connectivity index (χ0) is 7.68. The summed E-state index contributed by atoms with van der Waals surface area (Å²) in [6.07, 6.45) is 0. The Balaban J connectivity index is 0.000000720. The molecular formula is C8H8Cl2N2. The molecular weight excluding hydrogens is 195 g/mol. The number of halogens is 2. The van der Waals surface area contributed by atoms with Crippen molar-refractivity contribution in [2.24, 2.45) is 4.99 Å². The number of benzene rings is 1. The second-order valence-corrected chi connectivity index (χ2v) is 2.69. The summed E-state index contributed by atoms with van der Waals surface area (Å²) in [7, 11) is 0. The van der Waals surface area contributed by atoms with Crippen LogP contribution in [0.2, 0.25) is 0 Å². The molecule has 0 amide bonds. The quantitative estimate of drug-likeness (QED) is 0.262. The molecule has 0 bridgehead atoms. The molecule has 12 heavy (non-hydrogen) atoms. The fraction of sp³-hybridized carbons (Fsp3) is 0.250. The lowest BCUT2D eigenvalue weighted by atomic mass is 10.3. The van der Waals surface area contributed by atoms with Crippen molar-refractivity contribution in [3.8, 4) is 0 Å². The van der Waals surface area contributed by atoms with Crippen LogP contribution in [-0.4, -0.2) is 12.7 Å². The van der Waals surface area contributed by atoms with E-state index in [0.717, 1.165) is 10.7 Å². The zero-order valence-corrected chi connectivity index (χ0v) is 7.89. The van der Waals surface area contributed by atoms with Gasteiger partial charge in [-0.2, -0.15) is 4.58 Å². The lowest BCUT2D eigenvalue weighted by molar-refractivity contribution is -0.00000220. The van der Waals surface area contributed by atoms with Gasteiger partial charge in [-0.15, -0.1) is 0 Å². The Hall–Kier alpha value is -0.600. The molecule has 2 rings (SSSR count). The first-order chi connectivity index (χ1) is 5.42. The van der Waals surface area contributed by atoms with E-state index >= 15 is 0 Å². The molecule has 1 aliphatic heterocycles. The number of hydrogen-bond donors (Lipinski definition) is 0. The van der Waals surface area contributed by atoms with Crippen LogP contribution in [0.5, 0.6) is 0 Å².